The summed E-state index contributed by atoms with van der Waals surface area (Å²) in [6, 6.07) is -0.479. The number of carbonyl (C=O) groups excluding carboxylic acids is 1. The maximum Gasteiger partial charge on any atom is 0.406 e. The highest BCUT2D eigenvalue weighted by Crippen LogP contribution is 2.25. The van der Waals surface area contributed by atoms with Crippen molar-refractivity contribution in [2.75, 3.05) is 6.54 Å². The summed E-state index contributed by atoms with van der Waals surface area (Å²) >= 11 is 0. The van der Waals surface area contributed by atoms with Gasteiger partial charge in [0.2, 0.25) is 5.91 Å². The van der Waals surface area contributed by atoms with Crippen molar-refractivity contribution in [3.63, 3.8) is 0 Å². The van der Waals surface area contributed by atoms with E-state index in [0.717, 1.165) is 11.3 Å². The lowest BCUT2D eigenvalue weighted by atomic mass is 9.99. The van der Waals surface area contributed by atoms with E-state index in [4.69, 9.17) is 0 Å². The third-order valence-corrected chi connectivity index (χ3v) is 3.25. The highest BCUT2D eigenvalue weighted by atomic mass is 19.4. The summed E-state index contributed by atoms with van der Waals surface area (Å²) in [5, 5.41) is 2.99. The number of rotatable bonds is 4. The Labute approximate surface area is 99.4 Å². The van der Waals surface area contributed by atoms with E-state index in [1.807, 2.05) is 13.8 Å². The molecule has 3 atom stereocenters. The molecule has 6 heteroatoms. The lowest BCUT2D eigenvalue weighted by molar-refractivity contribution is -0.161. The largest absolute Gasteiger partial charge is 0.406 e. The zero-order chi connectivity index (χ0) is 13.2. The molecule has 0 aromatic carbocycles. The standard InChI is InChI=1S/C11H19F3N2O/c1-4-7(3)9-10(17)16(6-11(12,13)14)8(5-2)15-9/h7-9,15H,4-6H2,1-3H3. The predicted octanol–water partition coefficient (Wildman–Crippen LogP) is 2.13. The van der Waals surface area contributed by atoms with Crippen LogP contribution in [0.3, 0.4) is 0 Å². The van der Waals surface area contributed by atoms with Gasteiger partial charge in [-0.2, -0.15) is 13.2 Å². The number of nitrogens with zero attached hydrogens (tertiary/aromatic N) is 1. The second kappa shape index (κ2) is 5.25. The molecule has 1 N–H and O–H groups in total. The zero-order valence-electron chi connectivity index (χ0n) is 10.3. The highest BCUT2D eigenvalue weighted by Gasteiger charge is 2.44. The first-order chi connectivity index (χ1) is 7.80. The molecule has 3 unspecified atom stereocenters. The van der Waals surface area contributed by atoms with Crippen LogP contribution in [0, 0.1) is 5.92 Å². The van der Waals surface area contributed by atoms with Crippen molar-refractivity contribution in [2.45, 2.75) is 52.0 Å². The molecule has 0 aromatic rings. The van der Waals surface area contributed by atoms with Crippen LogP contribution in [0.5, 0.6) is 0 Å². The molecule has 1 heterocycles. The van der Waals surface area contributed by atoms with E-state index in [2.05, 4.69) is 5.32 Å². The number of alkyl halides is 3. The average Bonchev–Trinajstić information content (AvgIpc) is 2.53. The van der Waals surface area contributed by atoms with E-state index in [1.165, 1.54) is 0 Å². The van der Waals surface area contributed by atoms with E-state index >= 15 is 0 Å². The van der Waals surface area contributed by atoms with Crippen LogP contribution >= 0.6 is 0 Å². The first-order valence-corrected chi connectivity index (χ1v) is 5.93. The number of nitrogens with one attached hydrogen (secondary N) is 1. The maximum absolute atomic E-state index is 12.4. The Morgan fingerprint density at radius 3 is 2.41 bits per heavy atom. The summed E-state index contributed by atoms with van der Waals surface area (Å²) in [7, 11) is 0. The molecule has 100 valence electrons. The van der Waals surface area contributed by atoms with Crippen LogP contribution in [0.15, 0.2) is 0 Å². The molecule has 1 aliphatic rings. The minimum absolute atomic E-state index is 0.0507. The fourth-order valence-corrected chi connectivity index (χ4v) is 2.06. The summed E-state index contributed by atoms with van der Waals surface area (Å²) in [6.07, 6.45) is -3.59. The first-order valence-electron chi connectivity index (χ1n) is 5.93. The first kappa shape index (κ1) is 14.3. The molecule has 1 saturated heterocycles. The van der Waals surface area contributed by atoms with E-state index in [0.29, 0.717) is 6.42 Å². The number of hydrogen-bond donors (Lipinski definition) is 1. The number of hydrogen-bond acceptors (Lipinski definition) is 2. The number of carbonyl (C=O) groups is 1. The Kier molecular flexibility index (Phi) is 4.41. The van der Waals surface area contributed by atoms with Gasteiger partial charge in [-0.25, -0.2) is 0 Å². The number of amides is 1. The smallest absolute Gasteiger partial charge is 0.317 e. The molecule has 17 heavy (non-hydrogen) atoms. The van der Waals surface area contributed by atoms with E-state index < -0.39 is 30.8 Å². The van der Waals surface area contributed by atoms with Gasteiger partial charge in [-0.1, -0.05) is 27.2 Å². The molecule has 0 radical (unpaired) electrons. The van der Waals surface area contributed by atoms with Crippen molar-refractivity contribution in [3.8, 4) is 0 Å². The highest BCUT2D eigenvalue weighted by molar-refractivity contribution is 5.84. The second-order valence-corrected chi connectivity index (χ2v) is 4.54. The van der Waals surface area contributed by atoms with Crippen LogP contribution in [0.4, 0.5) is 13.2 Å². The van der Waals surface area contributed by atoms with Gasteiger partial charge in [-0.3, -0.25) is 10.1 Å². The molecule has 0 aromatic heterocycles. The molecule has 0 bridgehead atoms. The maximum atomic E-state index is 12.4. The summed E-state index contributed by atoms with van der Waals surface area (Å²) < 4.78 is 37.1. The Balaban J connectivity index is 2.79. The summed E-state index contributed by atoms with van der Waals surface area (Å²) in [6.45, 7) is 4.41. The Bertz CT molecular complexity index is 280. The third-order valence-electron chi connectivity index (χ3n) is 3.25. The Hall–Kier alpha value is -0.780. The van der Waals surface area contributed by atoms with Crippen LogP contribution in [0.1, 0.15) is 33.6 Å². The van der Waals surface area contributed by atoms with Gasteiger partial charge in [-0.15, -0.1) is 0 Å². The van der Waals surface area contributed by atoms with E-state index in [1.54, 1.807) is 6.92 Å². The molecule has 1 fully saturated rings. The van der Waals surface area contributed by atoms with Crippen molar-refractivity contribution in [1.82, 2.24) is 10.2 Å². The van der Waals surface area contributed by atoms with Crippen molar-refractivity contribution >= 4 is 5.91 Å². The monoisotopic (exact) mass is 252 g/mol. The molecule has 0 spiro atoms. The van der Waals surface area contributed by atoms with Crippen molar-refractivity contribution in [1.29, 1.82) is 0 Å². The van der Waals surface area contributed by atoms with Crippen LogP contribution in [0.25, 0.3) is 0 Å². The minimum atomic E-state index is -4.34. The molecule has 0 aliphatic carbocycles. The van der Waals surface area contributed by atoms with Crippen molar-refractivity contribution < 1.29 is 18.0 Å². The van der Waals surface area contributed by atoms with Crippen LogP contribution in [-0.4, -0.2) is 35.7 Å². The zero-order valence-corrected chi connectivity index (χ0v) is 10.3. The Morgan fingerprint density at radius 1 is 1.41 bits per heavy atom. The van der Waals surface area contributed by atoms with Gasteiger partial charge in [0.05, 0.1) is 12.2 Å². The van der Waals surface area contributed by atoms with E-state index in [-0.39, 0.29) is 5.92 Å². The molecular weight excluding hydrogens is 233 g/mol. The Morgan fingerprint density at radius 2 is 2.00 bits per heavy atom. The van der Waals surface area contributed by atoms with E-state index in [9.17, 15) is 18.0 Å². The molecule has 3 nitrogen and oxygen atoms in total. The van der Waals surface area contributed by atoms with Crippen molar-refractivity contribution in [2.24, 2.45) is 5.92 Å². The number of halogens is 3. The minimum Gasteiger partial charge on any atom is -0.317 e. The van der Waals surface area contributed by atoms with Crippen LogP contribution < -0.4 is 5.32 Å². The van der Waals surface area contributed by atoms with Gasteiger partial charge < -0.3 is 4.90 Å². The molecule has 1 amide bonds. The van der Waals surface area contributed by atoms with Gasteiger partial charge in [0, 0.05) is 0 Å². The molecule has 1 aliphatic heterocycles. The second-order valence-electron chi connectivity index (χ2n) is 4.54. The molecule has 1 rings (SSSR count). The van der Waals surface area contributed by atoms with Gasteiger partial charge in [0.25, 0.3) is 0 Å². The average molecular weight is 252 g/mol. The summed E-state index contributed by atoms with van der Waals surface area (Å²) in [5.74, 6) is -0.377. The predicted molar refractivity (Wildman–Crippen MR) is 58.2 cm³/mol. The van der Waals surface area contributed by atoms with Gasteiger partial charge >= 0.3 is 6.18 Å². The normalized spacial score (nSPS) is 27.6. The SMILES string of the molecule is CCC(C)C1NC(CC)N(CC(F)(F)F)C1=O. The van der Waals surface area contributed by atoms with Crippen molar-refractivity contribution in [3.05, 3.63) is 0 Å². The molecular formula is C11H19F3N2O. The van der Waals surface area contributed by atoms with Crippen LogP contribution in [-0.2, 0) is 4.79 Å². The quantitative estimate of drug-likeness (QED) is 0.831. The van der Waals surface area contributed by atoms with Gasteiger partial charge in [0.15, 0.2) is 0 Å². The van der Waals surface area contributed by atoms with Gasteiger partial charge in [-0.05, 0) is 12.3 Å². The topological polar surface area (TPSA) is 32.3 Å². The summed E-state index contributed by atoms with van der Waals surface area (Å²) in [4.78, 5) is 12.8. The summed E-state index contributed by atoms with van der Waals surface area (Å²) in [5.41, 5.74) is 0. The lowest BCUT2D eigenvalue weighted by Crippen LogP contribution is -2.42. The van der Waals surface area contributed by atoms with Crippen LogP contribution in [0.2, 0.25) is 0 Å². The van der Waals surface area contributed by atoms with Gasteiger partial charge in [0.1, 0.15) is 6.54 Å². The molecule has 0 saturated carbocycles. The third kappa shape index (κ3) is 3.34. The fourth-order valence-electron chi connectivity index (χ4n) is 2.06. The fraction of sp³-hybridized carbons (Fsp3) is 0.909. The lowest BCUT2D eigenvalue weighted by Gasteiger charge is -2.24.